The lowest BCUT2D eigenvalue weighted by molar-refractivity contribution is -0.684. The van der Waals surface area contributed by atoms with Crippen LogP contribution < -0.4 is 10.6 Å². The lowest BCUT2D eigenvalue weighted by Crippen LogP contribution is -2.86. The van der Waals surface area contributed by atoms with Crippen LogP contribution in [0.2, 0.25) is 0 Å². The van der Waals surface area contributed by atoms with Gasteiger partial charge < -0.3 is 15.1 Å². The summed E-state index contributed by atoms with van der Waals surface area (Å²) in [6.45, 7) is 6.62. The molecule has 1 amide bonds. The largest absolute Gasteiger partial charge is 0.463 e. The van der Waals surface area contributed by atoms with E-state index in [1.54, 1.807) is 6.26 Å². The molecule has 4 heteroatoms. The lowest BCUT2D eigenvalue weighted by atomic mass is 10.0. The van der Waals surface area contributed by atoms with E-state index in [4.69, 9.17) is 4.42 Å². The molecule has 0 fully saturated rings. The Morgan fingerprint density at radius 1 is 1.18 bits per heavy atom. The monoisotopic (exact) mass is 301 g/mol. The van der Waals surface area contributed by atoms with Gasteiger partial charge in [0.1, 0.15) is 6.04 Å². The molecule has 0 saturated heterocycles. The molecule has 0 aliphatic heterocycles. The maximum atomic E-state index is 12.2. The summed E-state index contributed by atoms with van der Waals surface area (Å²) in [6.07, 6.45) is 3.48. The topological polar surface area (TPSA) is 58.9 Å². The number of aryl methyl sites for hydroxylation is 2. The van der Waals surface area contributed by atoms with Crippen molar-refractivity contribution in [2.45, 2.75) is 39.7 Å². The number of anilines is 1. The van der Waals surface area contributed by atoms with Crippen LogP contribution in [0.15, 0.2) is 41.0 Å². The summed E-state index contributed by atoms with van der Waals surface area (Å²) in [5.74, 6) is 0.907. The molecule has 0 spiro atoms. The van der Waals surface area contributed by atoms with Gasteiger partial charge in [0.05, 0.1) is 6.26 Å². The van der Waals surface area contributed by atoms with Crippen molar-refractivity contribution in [2.75, 3.05) is 11.9 Å². The predicted molar refractivity (Wildman–Crippen MR) is 87.7 cm³/mol. The average Bonchev–Trinajstić information content (AvgIpc) is 3.07. The average molecular weight is 301 g/mol. The van der Waals surface area contributed by atoms with Crippen molar-refractivity contribution >= 4 is 11.6 Å². The number of hydrogen-bond donors (Lipinski definition) is 2. The van der Waals surface area contributed by atoms with Crippen molar-refractivity contribution in [3.8, 4) is 0 Å². The van der Waals surface area contributed by atoms with E-state index in [1.165, 1.54) is 11.1 Å². The standard InChI is InChI=1S/C18H24N2O2/c1-4-14-8-6-9-15(5-2)18(14)20-17(21)12-19-13(3)16-10-7-11-22-16/h6-11,13,19H,4-5,12H2,1-3H3,(H,20,21)/p+1/t13-/m1/s1. The highest BCUT2D eigenvalue weighted by Gasteiger charge is 2.15. The van der Waals surface area contributed by atoms with Gasteiger partial charge in [-0.1, -0.05) is 32.0 Å². The molecule has 2 aromatic rings. The van der Waals surface area contributed by atoms with Crippen molar-refractivity contribution < 1.29 is 14.5 Å². The number of carbonyl (C=O) groups excluding carboxylic acids is 1. The number of benzene rings is 1. The maximum Gasteiger partial charge on any atom is 0.279 e. The van der Waals surface area contributed by atoms with E-state index in [9.17, 15) is 4.79 Å². The SMILES string of the molecule is CCc1cccc(CC)c1NC(=O)C[NH2+][C@H](C)c1ccco1. The molecule has 0 aliphatic rings. The normalized spacial score (nSPS) is 12.1. The van der Waals surface area contributed by atoms with Crippen LogP contribution in [-0.4, -0.2) is 12.5 Å². The first kappa shape index (κ1) is 16.3. The highest BCUT2D eigenvalue weighted by atomic mass is 16.3. The van der Waals surface area contributed by atoms with Crippen LogP contribution in [0.4, 0.5) is 5.69 Å². The zero-order valence-corrected chi connectivity index (χ0v) is 13.6. The summed E-state index contributed by atoms with van der Waals surface area (Å²) in [5, 5.41) is 5.06. The number of para-hydroxylation sites is 1. The van der Waals surface area contributed by atoms with E-state index in [2.05, 4.69) is 37.4 Å². The third-order valence-electron chi connectivity index (χ3n) is 3.91. The van der Waals surface area contributed by atoms with Crippen molar-refractivity contribution in [1.29, 1.82) is 0 Å². The number of hydrogen-bond acceptors (Lipinski definition) is 2. The molecule has 4 nitrogen and oxygen atoms in total. The molecule has 0 radical (unpaired) electrons. The van der Waals surface area contributed by atoms with Gasteiger partial charge in [0.15, 0.2) is 12.3 Å². The van der Waals surface area contributed by atoms with Crippen molar-refractivity contribution in [1.82, 2.24) is 0 Å². The molecule has 118 valence electrons. The Bertz CT molecular complexity index is 583. The highest BCUT2D eigenvalue weighted by molar-refractivity contribution is 5.93. The highest BCUT2D eigenvalue weighted by Crippen LogP contribution is 2.22. The van der Waals surface area contributed by atoms with Crippen molar-refractivity contribution in [2.24, 2.45) is 0 Å². The molecule has 2 rings (SSSR count). The van der Waals surface area contributed by atoms with E-state index in [-0.39, 0.29) is 11.9 Å². The molecule has 1 aromatic heterocycles. The summed E-state index contributed by atoms with van der Waals surface area (Å²) < 4.78 is 5.36. The Hall–Kier alpha value is -2.07. The van der Waals surface area contributed by atoms with E-state index >= 15 is 0 Å². The van der Waals surface area contributed by atoms with Gasteiger partial charge in [-0.05, 0) is 43.0 Å². The molecule has 0 unspecified atom stereocenters. The van der Waals surface area contributed by atoms with E-state index in [0.717, 1.165) is 24.3 Å². The molecule has 0 saturated carbocycles. The van der Waals surface area contributed by atoms with E-state index < -0.39 is 0 Å². The summed E-state index contributed by atoms with van der Waals surface area (Å²) in [4.78, 5) is 12.2. The first-order chi connectivity index (χ1) is 10.7. The summed E-state index contributed by atoms with van der Waals surface area (Å²) in [6, 6.07) is 10.1. The summed E-state index contributed by atoms with van der Waals surface area (Å²) >= 11 is 0. The fraction of sp³-hybridized carbons (Fsp3) is 0.389. The Kier molecular flexibility index (Phi) is 5.78. The second-order valence-electron chi connectivity index (χ2n) is 5.45. The maximum absolute atomic E-state index is 12.2. The molecule has 22 heavy (non-hydrogen) atoms. The minimum atomic E-state index is 0.0222. The summed E-state index contributed by atoms with van der Waals surface area (Å²) in [5.41, 5.74) is 3.36. The molecule has 1 atom stereocenters. The van der Waals surface area contributed by atoms with Gasteiger partial charge in [0.25, 0.3) is 5.91 Å². The minimum absolute atomic E-state index is 0.0222. The van der Waals surface area contributed by atoms with Crippen LogP contribution in [0, 0.1) is 0 Å². The van der Waals surface area contributed by atoms with Crippen LogP contribution in [-0.2, 0) is 17.6 Å². The first-order valence-electron chi connectivity index (χ1n) is 7.93. The Balaban J connectivity index is 1.97. The van der Waals surface area contributed by atoms with Crippen LogP contribution in [0.25, 0.3) is 0 Å². The third kappa shape index (κ3) is 3.98. The van der Waals surface area contributed by atoms with Gasteiger partial charge in [0.2, 0.25) is 0 Å². The number of furan rings is 1. The van der Waals surface area contributed by atoms with Gasteiger partial charge in [0, 0.05) is 5.69 Å². The zero-order chi connectivity index (χ0) is 15.9. The number of carbonyl (C=O) groups is 1. The smallest absolute Gasteiger partial charge is 0.279 e. The molecule has 1 heterocycles. The second-order valence-corrected chi connectivity index (χ2v) is 5.45. The quantitative estimate of drug-likeness (QED) is 0.826. The number of rotatable bonds is 7. The van der Waals surface area contributed by atoms with Gasteiger partial charge in [-0.3, -0.25) is 4.79 Å². The molecule has 3 N–H and O–H groups in total. The fourth-order valence-electron chi connectivity index (χ4n) is 2.54. The third-order valence-corrected chi connectivity index (χ3v) is 3.91. The molecular formula is C18H25N2O2+. The predicted octanol–water partition coefficient (Wildman–Crippen LogP) is 2.67. The van der Waals surface area contributed by atoms with Crippen LogP contribution in [0.3, 0.4) is 0 Å². The minimum Gasteiger partial charge on any atom is -0.463 e. The summed E-state index contributed by atoms with van der Waals surface area (Å²) in [7, 11) is 0. The zero-order valence-electron chi connectivity index (χ0n) is 13.6. The Labute approximate surface area is 131 Å². The number of quaternary nitrogens is 1. The van der Waals surface area contributed by atoms with Crippen LogP contribution in [0.1, 0.15) is 43.7 Å². The number of nitrogens with two attached hydrogens (primary N) is 1. The van der Waals surface area contributed by atoms with Gasteiger partial charge >= 0.3 is 0 Å². The molecule has 1 aromatic carbocycles. The van der Waals surface area contributed by atoms with Crippen molar-refractivity contribution in [3.63, 3.8) is 0 Å². The van der Waals surface area contributed by atoms with Gasteiger partial charge in [-0.2, -0.15) is 0 Å². The number of nitrogens with one attached hydrogen (secondary N) is 1. The molecular weight excluding hydrogens is 276 g/mol. The lowest BCUT2D eigenvalue weighted by Gasteiger charge is -2.14. The molecule has 0 aliphatic carbocycles. The van der Waals surface area contributed by atoms with E-state index in [1.807, 2.05) is 24.4 Å². The Morgan fingerprint density at radius 3 is 2.41 bits per heavy atom. The van der Waals surface area contributed by atoms with Crippen LogP contribution >= 0.6 is 0 Å². The Morgan fingerprint density at radius 2 is 1.86 bits per heavy atom. The molecule has 0 bridgehead atoms. The number of amides is 1. The second kappa shape index (κ2) is 7.80. The van der Waals surface area contributed by atoms with Gasteiger partial charge in [-0.25, -0.2) is 0 Å². The van der Waals surface area contributed by atoms with Crippen LogP contribution in [0.5, 0.6) is 0 Å². The fourth-order valence-corrected chi connectivity index (χ4v) is 2.54. The van der Waals surface area contributed by atoms with Crippen molar-refractivity contribution in [3.05, 3.63) is 53.5 Å². The van der Waals surface area contributed by atoms with E-state index in [0.29, 0.717) is 6.54 Å². The first-order valence-corrected chi connectivity index (χ1v) is 7.93. The van der Waals surface area contributed by atoms with Gasteiger partial charge in [-0.15, -0.1) is 0 Å².